The molecule has 3 aromatic carbocycles. The van der Waals surface area contributed by atoms with E-state index in [0.29, 0.717) is 42.8 Å². The highest BCUT2D eigenvalue weighted by Crippen LogP contribution is 2.47. The highest BCUT2D eigenvalue weighted by molar-refractivity contribution is 6.01. The van der Waals surface area contributed by atoms with E-state index in [-0.39, 0.29) is 11.7 Å². The number of carbonyl (C=O) groups is 1. The fraction of sp³-hybridized carbons (Fsp3) is 0.343. The van der Waals surface area contributed by atoms with Crippen LogP contribution in [0.5, 0.6) is 17.2 Å². The van der Waals surface area contributed by atoms with Crippen LogP contribution in [0.1, 0.15) is 77.3 Å². The van der Waals surface area contributed by atoms with Gasteiger partial charge in [-0.25, -0.2) is 0 Å². The van der Waals surface area contributed by atoms with Crippen molar-refractivity contribution in [1.82, 2.24) is 20.0 Å². The van der Waals surface area contributed by atoms with E-state index in [1.54, 1.807) is 26.2 Å². The average molecular weight is 593 g/mol. The molecule has 0 saturated heterocycles. The zero-order chi connectivity index (χ0) is 30.2. The van der Waals surface area contributed by atoms with Gasteiger partial charge in [0.1, 0.15) is 29.9 Å². The summed E-state index contributed by atoms with van der Waals surface area (Å²) in [6, 6.07) is 18.5. The lowest BCUT2D eigenvalue weighted by atomic mass is 9.81. The molecule has 1 saturated carbocycles. The molecule has 9 heteroatoms. The molecule has 0 spiro atoms. The molecule has 44 heavy (non-hydrogen) atoms. The topological polar surface area (TPSA) is 112 Å². The van der Waals surface area contributed by atoms with Crippen LogP contribution >= 0.6 is 0 Å². The van der Waals surface area contributed by atoms with Gasteiger partial charge in [0.2, 0.25) is 5.89 Å². The van der Waals surface area contributed by atoms with E-state index in [2.05, 4.69) is 32.2 Å². The van der Waals surface area contributed by atoms with Crippen LogP contribution in [0, 0.1) is 6.92 Å². The third-order valence-electron chi connectivity index (χ3n) is 8.92. The summed E-state index contributed by atoms with van der Waals surface area (Å²) in [5.41, 5.74) is 6.11. The Morgan fingerprint density at radius 3 is 2.66 bits per heavy atom. The molecule has 1 aliphatic carbocycles. The fourth-order valence-corrected chi connectivity index (χ4v) is 6.80. The van der Waals surface area contributed by atoms with Gasteiger partial charge in [0.05, 0.1) is 19.3 Å². The minimum atomic E-state index is -0.540. The number of rotatable bonds is 7. The van der Waals surface area contributed by atoms with Crippen molar-refractivity contribution in [3.8, 4) is 28.5 Å². The molecule has 0 unspecified atom stereocenters. The quantitative estimate of drug-likeness (QED) is 0.212. The second kappa shape index (κ2) is 11.7. The summed E-state index contributed by atoms with van der Waals surface area (Å²) in [6.45, 7) is 2.94. The average Bonchev–Trinajstić information content (AvgIpc) is 3.57. The number of aryl methyl sites for hydroxylation is 1. The smallest absolute Gasteiger partial charge is 0.252 e. The number of amides is 1. The van der Waals surface area contributed by atoms with Crippen LogP contribution < -0.4 is 14.8 Å². The molecule has 2 aromatic heterocycles. The summed E-state index contributed by atoms with van der Waals surface area (Å²) in [7, 11) is 1.67. The predicted molar refractivity (Wildman–Crippen MR) is 166 cm³/mol. The van der Waals surface area contributed by atoms with Gasteiger partial charge in [0, 0.05) is 34.5 Å². The van der Waals surface area contributed by atoms with E-state index < -0.39 is 6.04 Å². The number of nitrogens with one attached hydrogen (secondary N) is 1. The van der Waals surface area contributed by atoms with Crippen molar-refractivity contribution < 1.29 is 23.9 Å². The Morgan fingerprint density at radius 1 is 1.09 bits per heavy atom. The van der Waals surface area contributed by atoms with Crippen molar-refractivity contribution in [2.24, 2.45) is 0 Å². The lowest BCUT2D eigenvalue weighted by Gasteiger charge is -2.23. The standard InChI is InChI=1S/C35H36N4O5/c1-21-36-35(44-38-21)29(18-22-8-11-25(40)12-9-22)37-34(41)24-10-14-27-30(19-24)39-16-17-43-31-20-26(42-2)13-15-28(31)33(39)32(27)23-6-4-3-5-7-23/h8-15,19-20,23,29,40H,3-7,16-18H2,1-2H3,(H,37,41)/t29-/m0/s1. The van der Waals surface area contributed by atoms with Crippen molar-refractivity contribution in [1.29, 1.82) is 0 Å². The number of carbonyl (C=O) groups excluding carboxylic acids is 1. The monoisotopic (exact) mass is 592 g/mol. The van der Waals surface area contributed by atoms with Crippen molar-refractivity contribution in [3.63, 3.8) is 0 Å². The van der Waals surface area contributed by atoms with E-state index >= 15 is 0 Å². The van der Waals surface area contributed by atoms with Crippen LogP contribution in [0.25, 0.3) is 22.2 Å². The number of hydrogen-bond acceptors (Lipinski definition) is 7. The lowest BCUT2D eigenvalue weighted by molar-refractivity contribution is 0.0928. The number of ether oxygens (including phenoxy) is 2. The Labute approximate surface area is 255 Å². The molecular formula is C35H36N4O5. The van der Waals surface area contributed by atoms with Gasteiger partial charge >= 0.3 is 0 Å². The first-order chi connectivity index (χ1) is 21.5. The van der Waals surface area contributed by atoms with Crippen molar-refractivity contribution in [3.05, 3.63) is 89.1 Å². The zero-order valence-electron chi connectivity index (χ0n) is 25.0. The molecule has 2 N–H and O–H groups in total. The predicted octanol–water partition coefficient (Wildman–Crippen LogP) is 6.87. The van der Waals surface area contributed by atoms with Crippen molar-refractivity contribution in [2.75, 3.05) is 13.7 Å². The Morgan fingerprint density at radius 2 is 1.91 bits per heavy atom. The van der Waals surface area contributed by atoms with Gasteiger partial charge in [-0.2, -0.15) is 4.98 Å². The molecule has 2 aliphatic rings. The van der Waals surface area contributed by atoms with Crippen LogP contribution in [0.3, 0.4) is 0 Å². The van der Waals surface area contributed by atoms with E-state index in [1.165, 1.54) is 35.9 Å². The van der Waals surface area contributed by atoms with E-state index in [9.17, 15) is 9.90 Å². The number of fused-ring (bicyclic) bond motifs is 5. The van der Waals surface area contributed by atoms with Gasteiger partial charge in [-0.15, -0.1) is 0 Å². The Kier molecular flexibility index (Phi) is 7.46. The molecule has 3 heterocycles. The molecule has 9 nitrogen and oxygen atoms in total. The highest BCUT2D eigenvalue weighted by Gasteiger charge is 2.30. The van der Waals surface area contributed by atoms with Crippen LogP contribution in [0.4, 0.5) is 0 Å². The van der Waals surface area contributed by atoms with Crippen LogP contribution in [-0.2, 0) is 13.0 Å². The third kappa shape index (κ3) is 5.27. The summed E-state index contributed by atoms with van der Waals surface area (Å²) in [5, 5.41) is 18.0. The Bertz CT molecular complexity index is 1820. The molecule has 226 valence electrons. The Hall–Kier alpha value is -4.79. The molecule has 5 aromatic rings. The maximum absolute atomic E-state index is 13.8. The molecule has 0 bridgehead atoms. The van der Waals surface area contributed by atoms with Gasteiger partial charge in [0.15, 0.2) is 5.82 Å². The number of hydrogen-bond donors (Lipinski definition) is 2. The summed E-state index contributed by atoms with van der Waals surface area (Å²) >= 11 is 0. The number of methoxy groups -OCH3 is 1. The lowest BCUT2D eigenvalue weighted by Crippen LogP contribution is -2.30. The molecule has 1 aliphatic heterocycles. The van der Waals surface area contributed by atoms with Gasteiger partial charge in [-0.05, 0) is 73.2 Å². The minimum Gasteiger partial charge on any atom is -0.508 e. The number of aromatic nitrogens is 3. The van der Waals surface area contributed by atoms with Gasteiger partial charge < -0.3 is 29.0 Å². The zero-order valence-corrected chi connectivity index (χ0v) is 25.0. The van der Waals surface area contributed by atoms with E-state index in [0.717, 1.165) is 41.0 Å². The maximum Gasteiger partial charge on any atom is 0.252 e. The first-order valence-corrected chi connectivity index (χ1v) is 15.3. The normalized spacial score (nSPS) is 15.6. The first kappa shape index (κ1) is 28.0. The maximum atomic E-state index is 13.8. The summed E-state index contributed by atoms with van der Waals surface area (Å²) in [6.07, 6.45) is 6.46. The minimum absolute atomic E-state index is 0.183. The second-order valence-corrected chi connectivity index (χ2v) is 11.8. The SMILES string of the molecule is COc1ccc2c(c1)OCCn1c-2c(C2CCCCC2)c2ccc(C(=O)N[C@@H](Cc3ccc(O)cc3)c3nc(C)no3)cc21. The molecule has 7 rings (SSSR count). The van der Waals surface area contributed by atoms with Crippen molar-refractivity contribution in [2.45, 2.75) is 64.0 Å². The van der Waals surface area contributed by atoms with Crippen molar-refractivity contribution >= 4 is 16.8 Å². The van der Waals surface area contributed by atoms with E-state index in [4.69, 9.17) is 14.0 Å². The van der Waals surface area contributed by atoms with Gasteiger partial charge in [-0.3, -0.25) is 4.79 Å². The van der Waals surface area contributed by atoms with Gasteiger partial charge in [0.25, 0.3) is 5.91 Å². The molecule has 1 atom stereocenters. The second-order valence-electron chi connectivity index (χ2n) is 11.8. The Balaban J connectivity index is 1.29. The molecular weight excluding hydrogens is 556 g/mol. The largest absolute Gasteiger partial charge is 0.508 e. The molecule has 0 radical (unpaired) electrons. The number of nitrogens with zero attached hydrogens (tertiary/aromatic N) is 3. The van der Waals surface area contributed by atoms with E-state index in [1.807, 2.05) is 36.4 Å². The van der Waals surface area contributed by atoms with Gasteiger partial charge in [-0.1, -0.05) is 42.6 Å². The number of benzene rings is 3. The summed E-state index contributed by atoms with van der Waals surface area (Å²) in [4.78, 5) is 18.3. The summed E-state index contributed by atoms with van der Waals surface area (Å²) in [5.74, 6) is 2.84. The molecule has 1 fully saturated rings. The highest BCUT2D eigenvalue weighted by atomic mass is 16.5. The van der Waals surface area contributed by atoms with Crippen LogP contribution in [-0.4, -0.2) is 39.4 Å². The molecule has 1 amide bonds. The summed E-state index contributed by atoms with van der Waals surface area (Å²) < 4.78 is 19.6. The van der Waals surface area contributed by atoms with Crippen LogP contribution in [0.2, 0.25) is 0 Å². The third-order valence-corrected chi connectivity index (χ3v) is 8.92. The fourth-order valence-electron chi connectivity index (χ4n) is 6.80. The van der Waals surface area contributed by atoms with Crippen LogP contribution in [0.15, 0.2) is 65.2 Å². The first-order valence-electron chi connectivity index (χ1n) is 15.3. The number of phenols is 1. The number of aromatic hydroxyl groups is 1. The number of phenolic OH excluding ortho intramolecular Hbond substituents is 1.